The molecule has 2 aliphatic rings. The van der Waals surface area contributed by atoms with Crippen LogP contribution in [0.1, 0.15) is 96.0 Å². The van der Waals surface area contributed by atoms with Gasteiger partial charge in [-0.3, -0.25) is 4.79 Å². The van der Waals surface area contributed by atoms with Gasteiger partial charge in [0.2, 0.25) is 0 Å². The minimum absolute atomic E-state index is 0.0290. The Bertz CT molecular complexity index is 819. The third kappa shape index (κ3) is 10.9. The molecule has 2 aliphatic carbocycles. The maximum absolute atomic E-state index is 12.8. The van der Waals surface area contributed by atoms with Gasteiger partial charge in [0.15, 0.2) is 0 Å². The van der Waals surface area contributed by atoms with E-state index in [0.717, 1.165) is 55.1 Å². The van der Waals surface area contributed by atoms with E-state index in [1.165, 1.54) is 57.8 Å². The van der Waals surface area contributed by atoms with Gasteiger partial charge in [0.25, 0.3) is 0 Å². The molecule has 0 heterocycles. The molecule has 2 saturated carbocycles. The van der Waals surface area contributed by atoms with Crippen LogP contribution in [0.25, 0.3) is 0 Å². The van der Waals surface area contributed by atoms with E-state index < -0.39 is 5.97 Å². The summed E-state index contributed by atoms with van der Waals surface area (Å²) in [6.45, 7) is 7.19. The summed E-state index contributed by atoms with van der Waals surface area (Å²) in [5.74, 6) is 2.78. The Balaban J connectivity index is 1.25. The van der Waals surface area contributed by atoms with E-state index in [0.29, 0.717) is 25.6 Å². The number of unbranched alkanes of at least 4 members (excludes halogenated alkanes) is 2. The van der Waals surface area contributed by atoms with Crippen molar-refractivity contribution in [3.8, 4) is 5.75 Å². The van der Waals surface area contributed by atoms with Gasteiger partial charge in [0.1, 0.15) is 12.5 Å². The second kappa shape index (κ2) is 17.4. The standard InChI is InChI=1S/C32H48O6/c1-3-5-8-25-9-13-27(14-10-25)28-15-17-29(18-16-28)32(34)38-30-19-11-26(12-20-30)23-36-24-35-21-6-7-22-37-31(33)4-2/h4,11-12,19-20,25,27-29H,2-3,5-10,13-18,21-24H2,1H3. The molecule has 38 heavy (non-hydrogen) atoms. The largest absolute Gasteiger partial charge is 0.463 e. The van der Waals surface area contributed by atoms with Crippen molar-refractivity contribution in [3.05, 3.63) is 42.5 Å². The van der Waals surface area contributed by atoms with Crippen molar-refractivity contribution in [2.75, 3.05) is 20.0 Å². The van der Waals surface area contributed by atoms with Crippen molar-refractivity contribution in [2.45, 2.75) is 97.0 Å². The number of esters is 2. The summed E-state index contributed by atoms with van der Waals surface area (Å²) in [6.07, 6.45) is 16.7. The number of hydrogen-bond donors (Lipinski definition) is 0. The topological polar surface area (TPSA) is 71.1 Å². The molecule has 0 saturated heterocycles. The van der Waals surface area contributed by atoms with Gasteiger partial charge in [-0.2, -0.15) is 0 Å². The third-order valence-corrected chi connectivity index (χ3v) is 8.30. The molecular formula is C32H48O6. The van der Waals surface area contributed by atoms with Crippen LogP contribution in [0.3, 0.4) is 0 Å². The SMILES string of the molecule is C=CC(=O)OCCCCOCOCc1ccc(OC(=O)C2CCC(C3CCC(CCCC)CC3)CC2)cc1. The van der Waals surface area contributed by atoms with Gasteiger partial charge in [-0.15, -0.1) is 0 Å². The second-order valence-corrected chi connectivity index (χ2v) is 11.1. The highest BCUT2D eigenvalue weighted by atomic mass is 16.7. The summed E-state index contributed by atoms with van der Waals surface area (Å²) in [7, 11) is 0. The van der Waals surface area contributed by atoms with Crippen LogP contribution < -0.4 is 4.74 Å². The van der Waals surface area contributed by atoms with Crippen LogP contribution in [0.2, 0.25) is 0 Å². The Kier molecular flexibility index (Phi) is 13.9. The lowest BCUT2D eigenvalue weighted by Gasteiger charge is -2.37. The van der Waals surface area contributed by atoms with E-state index in [4.69, 9.17) is 18.9 Å². The van der Waals surface area contributed by atoms with Crippen molar-refractivity contribution in [3.63, 3.8) is 0 Å². The molecule has 0 bridgehead atoms. The first kappa shape index (κ1) is 30.4. The molecule has 0 unspecified atom stereocenters. The van der Waals surface area contributed by atoms with Gasteiger partial charge in [0.05, 0.1) is 19.1 Å². The van der Waals surface area contributed by atoms with Gasteiger partial charge in [-0.25, -0.2) is 4.79 Å². The smallest absolute Gasteiger partial charge is 0.330 e. The Labute approximate surface area is 229 Å². The summed E-state index contributed by atoms with van der Waals surface area (Å²) in [5.41, 5.74) is 0.995. The molecule has 0 aromatic heterocycles. The monoisotopic (exact) mass is 528 g/mol. The highest BCUT2D eigenvalue weighted by Crippen LogP contribution is 2.42. The first-order valence-corrected chi connectivity index (χ1v) is 14.8. The number of hydrogen-bond acceptors (Lipinski definition) is 6. The second-order valence-electron chi connectivity index (χ2n) is 11.1. The zero-order chi connectivity index (χ0) is 27.0. The third-order valence-electron chi connectivity index (χ3n) is 8.30. The maximum atomic E-state index is 12.8. The summed E-state index contributed by atoms with van der Waals surface area (Å²) in [5, 5.41) is 0. The fourth-order valence-electron chi connectivity index (χ4n) is 5.94. The molecule has 2 fully saturated rings. The maximum Gasteiger partial charge on any atom is 0.330 e. The molecule has 0 atom stereocenters. The molecular weight excluding hydrogens is 480 g/mol. The molecule has 6 heteroatoms. The first-order chi connectivity index (χ1) is 18.6. The van der Waals surface area contributed by atoms with Gasteiger partial charge in [0, 0.05) is 12.7 Å². The zero-order valence-corrected chi connectivity index (χ0v) is 23.4. The van der Waals surface area contributed by atoms with E-state index in [1.807, 2.05) is 24.3 Å². The van der Waals surface area contributed by atoms with Crippen LogP contribution >= 0.6 is 0 Å². The fourth-order valence-corrected chi connectivity index (χ4v) is 5.94. The van der Waals surface area contributed by atoms with Gasteiger partial charge in [-0.05, 0) is 86.8 Å². The molecule has 1 aromatic carbocycles. The van der Waals surface area contributed by atoms with Crippen LogP contribution in [0.5, 0.6) is 5.75 Å². The van der Waals surface area contributed by atoms with E-state index in [-0.39, 0.29) is 18.7 Å². The lowest BCUT2D eigenvalue weighted by Crippen LogP contribution is -2.30. The minimum Gasteiger partial charge on any atom is -0.463 e. The summed E-state index contributed by atoms with van der Waals surface area (Å²) in [4.78, 5) is 23.7. The average molecular weight is 529 g/mol. The number of carbonyl (C=O) groups is 2. The first-order valence-electron chi connectivity index (χ1n) is 14.8. The predicted molar refractivity (Wildman–Crippen MR) is 148 cm³/mol. The normalized spacial score (nSPS) is 23.5. The number of rotatable bonds is 16. The van der Waals surface area contributed by atoms with Crippen LogP contribution in [0.4, 0.5) is 0 Å². The Morgan fingerprint density at radius 3 is 2.18 bits per heavy atom. The Morgan fingerprint density at radius 2 is 1.53 bits per heavy atom. The molecule has 3 rings (SSSR count). The zero-order valence-electron chi connectivity index (χ0n) is 23.4. The van der Waals surface area contributed by atoms with E-state index >= 15 is 0 Å². The van der Waals surface area contributed by atoms with Crippen molar-refractivity contribution in [2.24, 2.45) is 23.7 Å². The average Bonchev–Trinajstić information content (AvgIpc) is 2.96. The number of benzene rings is 1. The Morgan fingerprint density at radius 1 is 0.868 bits per heavy atom. The highest BCUT2D eigenvalue weighted by Gasteiger charge is 2.33. The minimum atomic E-state index is -0.400. The van der Waals surface area contributed by atoms with Gasteiger partial charge < -0.3 is 18.9 Å². The van der Waals surface area contributed by atoms with E-state index in [1.54, 1.807) is 0 Å². The Hall–Kier alpha value is -2.18. The van der Waals surface area contributed by atoms with Gasteiger partial charge in [-0.1, -0.05) is 57.7 Å². The molecule has 1 aromatic rings. The number of carbonyl (C=O) groups excluding carboxylic acids is 2. The molecule has 6 nitrogen and oxygen atoms in total. The predicted octanol–water partition coefficient (Wildman–Crippen LogP) is 7.40. The van der Waals surface area contributed by atoms with Crippen molar-refractivity contribution in [1.82, 2.24) is 0 Å². The molecule has 0 amide bonds. The molecule has 0 aliphatic heterocycles. The fraction of sp³-hybridized carbons (Fsp3) is 0.688. The summed E-state index contributed by atoms with van der Waals surface area (Å²) in [6, 6.07) is 7.52. The number of ether oxygens (including phenoxy) is 4. The summed E-state index contributed by atoms with van der Waals surface area (Å²) >= 11 is 0. The van der Waals surface area contributed by atoms with Crippen molar-refractivity contribution < 1.29 is 28.5 Å². The van der Waals surface area contributed by atoms with Crippen LogP contribution in [0.15, 0.2) is 36.9 Å². The van der Waals surface area contributed by atoms with Crippen LogP contribution in [0, 0.1) is 23.7 Å². The highest BCUT2D eigenvalue weighted by molar-refractivity contribution is 5.81. The molecule has 212 valence electrons. The molecule has 0 radical (unpaired) electrons. The van der Waals surface area contributed by atoms with Crippen molar-refractivity contribution in [1.29, 1.82) is 0 Å². The van der Waals surface area contributed by atoms with Crippen molar-refractivity contribution >= 4 is 11.9 Å². The quantitative estimate of drug-likeness (QED) is 0.0732. The lowest BCUT2D eigenvalue weighted by atomic mass is 9.68. The lowest BCUT2D eigenvalue weighted by molar-refractivity contribution is -0.140. The molecule has 0 spiro atoms. The van der Waals surface area contributed by atoms with Gasteiger partial charge >= 0.3 is 11.9 Å². The van der Waals surface area contributed by atoms with E-state index in [2.05, 4.69) is 13.5 Å². The van der Waals surface area contributed by atoms with Crippen LogP contribution in [-0.2, 0) is 30.4 Å². The van der Waals surface area contributed by atoms with E-state index in [9.17, 15) is 9.59 Å². The summed E-state index contributed by atoms with van der Waals surface area (Å²) < 4.78 is 21.6. The molecule has 0 N–H and O–H groups in total. The van der Waals surface area contributed by atoms with Crippen LogP contribution in [-0.4, -0.2) is 31.9 Å².